The van der Waals surface area contributed by atoms with Crippen LogP contribution in [0, 0.1) is 0 Å². The Morgan fingerprint density at radius 1 is 1.40 bits per heavy atom. The van der Waals surface area contributed by atoms with Gasteiger partial charge in [0.05, 0.1) is 4.34 Å². The van der Waals surface area contributed by atoms with Gasteiger partial charge in [-0.25, -0.2) is 0 Å². The van der Waals surface area contributed by atoms with Crippen molar-refractivity contribution >= 4 is 22.9 Å². The molecule has 0 fully saturated rings. The summed E-state index contributed by atoms with van der Waals surface area (Å²) < 4.78 is 39.7. The summed E-state index contributed by atoms with van der Waals surface area (Å²) in [5, 5.41) is 3.61. The van der Waals surface area contributed by atoms with Gasteiger partial charge in [0.2, 0.25) is 0 Å². The van der Waals surface area contributed by atoms with Crippen LogP contribution in [0.2, 0.25) is 4.34 Å². The monoisotopic (exact) mass is 323 g/mol. The summed E-state index contributed by atoms with van der Waals surface area (Å²) in [6.45, 7) is 1.88. The highest BCUT2D eigenvalue weighted by Crippen LogP contribution is 2.33. The summed E-state index contributed by atoms with van der Waals surface area (Å²) in [7, 11) is 0. The molecule has 8 heteroatoms. The van der Waals surface area contributed by atoms with Gasteiger partial charge in [-0.15, -0.1) is 11.3 Å². The summed E-state index contributed by atoms with van der Waals surface area (Å²) in [6.07, 6.45) is -2.54. The molecule has 2 aromatic heterocycles. The molecule has 110 valence electrons. The van der Waals surface area contributed by atoms with Crippen molar-refractivity contribution in [3.05, 3.63) is 39.3 Å². The summed E-state index contributed by atoms with van der Waals surface area (Å²) in [4.78, 5) is 0.793. The molecule has 0 saturated carbocycles. The lowest BCUT2D eigenvalue weighted by atomic mass is 10.1. The highest BCUT2D eigenvalue weighted by atomic mass is 35.5. The SMILES string of the molecule is CCC(N)C(c1ccc(Cl)s1)n1ccc(C(F)(F)F)n1. The molecule has 0 aliphatic carbocycles. The average molecular weight is 324 g/mol. The van der Waals surface area contributed by atoms with E-state index in [9.17, 15) is 13.2 Å². The molecular formula is C12H13ClF3N3S. The Kier molecular flexibility index (Phi) is 4.41. The van der Waals surface area contributed by atoms with Gasteiger partial charge in [-0.2, -0.15) is 18.3 Å². The molecule has 0 bridgehead atoms. The molecule has 0 aliphatic heterocycles. The molecular weight excluding hydrogens is 311 g/mol. The van der Waals surface area contributed by atoms with Crippen molar-refractivity contribution in [3.63, 3.8) is 0 Å². The predicted molar refractivity (Wildman–Crippen MR) is 73.0 cm³/mol. The largest absolute Gasteiger partial charge is 0.435 e. The first kappa shape index (κ1) is 15.3. The molecule has 0 amide bonds. The highest BCUT2D eigenvalue weighted by Gasteiger charge is 2.35. The molecule has 0 spiro atoms. The Balaban J connectivity index is 2.39. The van der Waals surface area contributed by atoms with Crippen molar-refractivity contribution in [2.75, 3.05) is 0 Å². The number of halogens is 4. The van der Waals surface area contributed by atoms with Crippen LogP contribution in [-0.4, -0.2) is 15.8 Å². The zero-order valence-corrected chi connectivity index (χ0v) is 12.1. The van der Waals surface area contributed by atoms with E-state index in [1.54, 1.807) is 12.1 Å². The van der Waals surface area contributed by atoms with Gasteiger partial charge in [0.1, 0.15) is 6.04 Å². The van der Waals surface area contributed by atoms with E-state index in [0.717, 1.165) is 10.9 Å². The minimum atomic E-state index is -4.46. The van der Waals surface area contributed by atoms with Crippen LogP contribution in [0.4, 0.5) is 13.2 Å². The number of nitrogens with two attached hydrogens (primary N) is 1. The third-order valence-corrected chi connectivity index (χ3v) is 4.25. The first-order chi connectivity index (χ1) is 9.32. The van der Waals surface area contributed by atoms with Gasteiger partial charge < -0.3 is 5.73 Å². The summed E-state index contributed by atoms with van der Waals surface area (Å²) in [6, 6.07) is 3.62. The van der Waals surface area contributed by atoms with E-state index in [1.165, 1.54) is 22.2 Å². The maximum atomic E-state index is 12.6. The molecule has 0 aliphatic rings. The number of nitrogens with zero attached hydrogens (tertiary/aromatic N) is 2. The van der Waals surface area contributed by atoms with E-state index < -0.39 is 17.9 Å². The number of aromatic nitrogens is 2. The second kappa shape index (κ2) is 5.75. The van der Waals surface area contributed by atoms with Gasteiger partial charge in [0.25, 0.3) is 0 Å². The minimum absolute atomic E-state index is 0.342. The molecule has 2 N–H and O–H groups in total. The Hall–Kier alpha value is -1.05. The van der Waals surface area contributed by atoms with E-state index in [0.29, 0.717) is 10.8 Å². The van der Waals surface area contributed by atoms with Crippen LogP contribution >= 0.6 is 22.9 Å². The maximum Gasteiger partial charge on any atom is 0.435 e. The van der Waals surface area contributed by atoms with Gasteiger partial charge in [-0.05, 0) is 24.6 Å². The number of hydrogen-bond donors (Lipinski definition) is 1. The van der Waals surface area contributed by atoms with E-state index in [1.807, 2.05) is 6.92 Å². The fourth-order valence-electron chi connectivity index (χ4n) is 1.89. The second-order valence-electron chi connectivity index (χ2n) is 4.34. The third-order valence-electron chi connectivity index (χ3n) is 2.95. The van der Waals surface area contributed by atoms with Crippen molar-refractivity contribution in [1.29, 1.82) is 0 Å². The molecule has 0 saturated heterocycles. The zero-order valence-electron chi connectivity index (χ0n) is 10.6. The minimum Gasteiger partial charge on any atom is -0.326 e. The molecule has 2 rings (SSSR count). The van der Waals surface area contributed by atoms with Crippen molar-refractivity contribution in [2.45, 2.75) is 31.6 Å². The van der Waals surface area contributed by atoms with Crippen LogP contribution in [0.1, 0.15) is 30.0 Å². The Morgan fingerprint density at radius 3 is 2.55 bits per heavy atom. The van der Waals surface area contributed by atoms with E-state index in [2.05, 4.69) is 5.10 Å². The van der Waals surface area contributed by atoms with Crippen LogP contribution in [0.25, 0.3) is 0 Å². The fourth-order valence-corrected chi connectivity index (χ4v) is 3.12. The van der Waals surface area contributed by atoms with Gasteiger partial charge in [-0.1, -0.05) is 18.5 Å². The smallest absolute Gasteiger partial charge is 0.326 e. The van der Waals surface area contributed by atoms with Crippen LogP contribution in [0.5, 0.6) is 0 Å². The lowest BCUT2D eigenvalue weighted by Crippen LogP contribution is -2.32. The standard InChI is InChI=1S/C12H13ClF3N3S/c1-2-7(17)11(8-3-4-10(13)20-8)19-6-5-9(18-19)12(14,15)16/h3-7,11H,2,17H2,1H3. The van der Waals surface area contributed by atoms with E-state index >= 15 is 0 Å². The lowest BCUT2D eigenvalue weighted by Gasteiger charge is -2.22. The summed E-state index contributed by atoms with van der Waals surface area (Å²) in [5.41, 5.74) is 5.11. The van der Waals surface area contributed by atoms with Crippen molar-refractivity contribution in [3.8, 4) is 0 Å². The van der Waals surface area contributed by atoms with E-state index in [4.69, 9.17) is 17.3 Å². The van der Waals surface area contributed by atoms with Crippen LogP contribution < -0.4 is 5.73 Å². The Morgan fingerprint density at radius 2 is 2.10 bits per heavy atom. The summed E-state index contributed by atoms with van der Waals surface area (Å²) >= 11 is 7.18. The first-order valence-corrected chi connectivity index (χ1v) is 7.15. The third kappa shape index (κ3) is 3.16. The van der Waals surface area contributed by atoms with Gasteiger partial charge >= 0.3 is 6.18 Å². The quantitative estimate of drug-likeness (QED) is 0.926. The van der Waals surface area contributed by atoms with Gasteiger partial charge in [0.15, 0.2) is 5.69 Å². The summed E-state index contributed by atoms with van der Waals surface area (Å²) in [5.74, 6) is 0. The fraction of sp³-hybridized carbons (Fsp3) is 0.417. The second-order valence-corrected chi connectivity index (χ2v) is 6.08. The number of thiophene rings is 1. The van der Waals surface area contributed by atoms with Crippen molar-refractivity contribution in [2.24, 2.45) is 5.73 Å². The molecule has 0 radical (unpaired) electrons. The molecule has 0 aromatic carbocycles. The van der Waals surface area contributed by atoms with Crippen LogP contribution in [0.3, 0.4) is 0 Å². The molecule has 2 aromatic rings. The van der Waals surface area contributed by atoms with Gasteiger partial charge in [-0.3, -0.25) is 4.68 Å². The Bertz CT molecular complexity index is 579. The maximum absolute atomic E-state index is 12.6. The number of hydrogen-bond acceptors (Lipinski definition) is 3. The molecule has 2 unspecified atom stereocenters. The first-order valence-electron chi connectivity index (χ1n) is 5.96. The number of alkyl halides is 3. The Labute approximate surface area is 123 Å². The molecule has 2 heterocycles. The highest BCUT2D eigenvalue weighted by molar-refractivity contribution is 7.16. The predicted octanol–water partition coefficient (Wildman–Crippen LogP) is 3.94. The van der Waals surface area contributed by atoms with Crippen molar-refractivity contribution < 1.29 is 13.2 Å². The van der Waals surface area contributed by atoms with Gasteiger partial charge in [0, 0.05) is 17.1 Å². The lowest BCUT2D eigenvalue weighted by molar-refractivity contribution is -0.141. The normalized spacial score (nSPS) is 15.3. The van der Waals surface area contributed by atoms with Crippen LogP contribution in [0.15, 0.2) is 24.4 Å². The molecule has 3 nitrogen and oxygen atoms in total. The van der Waals surface area contributed by atoms with E-state index in [-0.39, 0.29) is 6.04 Å². The van der Waals surface area contributed by atoms with Crippen LogP contribution in [-0.2, 0) is 6.18 Å². The topological polar surface area (TPSA) is 43.8 Å². The molecule has 2 atom stereocenters. The average Bonchev–Trinajstić information content (AvgIpc) is 2.98. The number of rotatable bonds is 4. The molecule has 20 heavy (non-hydrogen) atoms. The van der Waals surface area contributed by atoms with Crippen molar-refractivity contribution in [1.82, 2.24) is 9.78 Å². The zero-order chi connectivity index (χ0) is 14.9.